The van der Waals surface area contributed by atoms with E-state index < -0.39 is 47.1 Å². The normalized spacial score (nSPS) is 15.0. The van der Waals surface area contributed by atoms with Crippen LogP contribution in [-0.4, -0.2) is 28.7 Å². The fraction of sp³-hybridized carbons (Fsp3) is 0.250. The number of carbonyl (C=O) groups excluding carboxylic acids is 3. The summed E-state index contributed by atoms with van der Waals surface area (Å²) in [6.45, 7) is 3.23. The van der Waals surface area contributed by atoms with Crippen molar-refractivity contribution < 1.29 is 27.6 Å². The van der Waals surface area contributed by atoms with Gasteiger partial charge in [-0.15, -0.1) is 0 Å². The van der Waals surface area contributed by atoms with Gasteiger partial charge < -0.3 is 5.32 Å². The smallest absolute Gasteiger partial charge is 0.324 e. The van der Waals surface area contributed by atoms with E-state index in [4.69, 9.17) is 0 Å². The average molecular weight is 390 g/mol. The van der Waals surface area contributed by atoms with Crippen LogP contribution in [0, 0.1) is 5.92 Å². The lowest BCUT2D eigenvalue weighted by Crippen LogP contribution is -2.50. The fourth-order valence-corrected chi connectivity index (χ4v) is 3.22. The number of carbonyl (C=O) groups is 3. The minimum atomic E-state index is -4.66. The van der Waals surface area contributed by atoms with Gasteiger partial charge in [-0.1, -0.05) is 38.1 Å². The van der Waals surface area contributed by atoms with Crippen LogP contribution in [0.15, 0.2) is 48.5 Å². The number of benzene rings is 2. The van der Waals surface area contributed by atoms with Gasteiger partial charge in [0, 0.05) is 0 Å². The number of para-hydroxylation sites is 1. The Bertz CT molecular complexity index is 919. The van der Waals surface area contributed by atoms with E-state index in [1.54, 1.807) is 26.0 Å². The number of rotatable bonds is 4. The minimum absolute atomic E-state index is 0.168. The van der Waals surface area contributed by atoms with Crippen molar-refractivity contribution in [3.63, 3.8) is 0 Å². The standard InChI is InChI=1S/C20H17F3N2O3/c1-11(2)16(25-18(27)12-7-3-4-8-13(12)19(25)28)17(26)24-15-10-6-5-9-14(15)20(21,22)23/h3-11,16H,1-2H3,(H,24,26). The van der Waals surface area contributed by atoms with Crippen LogP contribution < -0.4 is 5.32 Å². The third-order valence-electron chi connectivity index (χ3n) is 4.49. The molecule has 0 saturated heterocycles. The monoisotopic (exact) mass is 390 g/mol. The molecule has 0 spiro atoms. The molecule has 2 aromatic rings. The van der Waals surface area contributed by atoms with Crippen molar-refractivity contribution in [3.8, 4) is 0 Å². The summed E-state index contributed by atoms with van der Waals surface area (Å²) in [7, 11) is 0. The molecular weight excluding hydrogens is 373 g/mol. The first kappa shape index (κ1) is 19.6. The van der Waals surface area contributed by atoms with Crippen molar-refractivity contribution in [2.45, 2.75) is 26.1 Å². The number of imide groups is 1. The molecule has 0 fully saturated rings. The molecule has 1 aliphatic heterocycles. The first-order chi connectivity index (χ1) is 13.1. The van der Waals surface area contributed by atoms with Crippen LogP contribution in [0.3, 0.4) is 0 Å². The SMILES string of the molecule is CC(C)C(C(=O)Nc1ccccc1C(F)(F)F)N1C(=O)c2ccccc2C1=O. The predicted octanol–water partition coefficient (Wildman–Crippen LogP) is 3.96. The van der Waals surface area contributed by atoms with Crippen molar-refractivity contribution in [3.05, 3.63) is 65.2 Å². The second kappa shape index (κ2) is 7.10. The van der Waals surface area contributed by atoms with Crippen molar-refractivity contribution in [2.75, 3.05) is 5.32 Å². The molecule has 3 amide bonds. The van der Waals surface area contributed by atoms with E-state index in [1.165, 1.54) is 24.3 Å². The second-order valence-electron chi connectivity index (χ2n) is 6.75. The molecule has 1 aliphatic rings. The summed E-state index contributed by atoms with van der Waals surface area (Å²) in [5, 5.41) is 2.24. The predicted molar refractivity (Wildman–Crippen MR) is 95.6 cm³/mol. The Kier molecular flexibility index (Phi) is 4.97. The van der Waals surface area contributed by atoms with Crippen LogP contribution in [-0.2, 0) is 11.0 Å². The zero-order valence-corrected chi connectivity index (χ0v) is 15.1. The summed E-state index contributed by atoms with van der Waals surface area (Å²) in [5.74, 6) is -2.65. The molecule has 0 aromatic heterocycles. The number of nitrogens with one attached hydrogen (secondary N) is 1. The number of fused-ring (bicyclic) bond motifs is 1. The number of amides is 3. The van der Waals surface area contributed by atoms with Gasteiger partial charge in [-0.2, -0.15) is 13.2 Å². The van der Waals surface area contributed by atoms with Gasteiger partial charge in [0.1, 0.15) is 6.04 Å². The number of hydrogen-bond donors (Lipinski definition) is 1. The van der Waals surface area contributed by atoms with Gasteiger partial charge in [-0.25, -0.2) is 0 Å². The van der Waals surface area contributed by atoms with E-state index in [-0.39, 0.29) is 11.1 Å². The van der Waals surface area contributed by atoms with E-state index >= 15 is 0 Å². The lowest BCUT2D eigenvalue weighted by atomic mass is 10.0. The first-order valence-electron chi connectivity index (χ1n) is 8.57. The molecule has 1 unspecified atom stereocenters. The van der Waals surface area contributed by atoms with Gasteiger partial charge in [0.2, 0.25) is 5.91 Å². The molecule has 0 saturated carbocycles. The van der Waals surface area contributed by atoms with Gasteiger partial charge in [0.25, 0.3) is 11.8 Å². The molecule has 3 rings (SSSR count). The summed E-state index contributed by atoms with van der Waals surface area (Å²) in [6.07, 6.45) is -4.66. The van der Waals surface area contributed by atoms with Gasteiger partial charge in [-0.05, 0) is 30.2 Å². The molecule has 146 valence electrons. The third-order valence-corrected chi connectivity index (χ3v) is 4.49. The average Bonchev–Trinajstić information content (AvgIpc) is 2.87. The second-order valence-corrected chi connectivity index (χ2v) is 6.75. The van der Waals surface area contributed by atoms with E-state index in [1.807, 2.05) is 0 Å². The van der Waals surface area contributed by atoms with E-state index in [0.717, 1.165) is 17.0 Å². The number of alkyl halides is 3. The Morgan fingerprint density at radius 1 is 0.929 bits per heavy atom. The van der Waals surface area contributed by atoms with Crippen LogP contribution in [0.4, 0.5) is 18.9 Å². The van der Waals surface area contributed by atoms with Crippen molar-refractivity contribution >= 4 is 23.4 Å². The summed E-state index contributed by atoms with van der Waals surface area (Å²) < 4.78 is 39.6. The molecule has 0 bridgehead atoms. The highest BCUT2D eigenvalue weighted by molar-refractivity contribution is 6.23. The first-order valence-corrected chi connectivity index (χ1v) is 8.57. The quantitative estimate of drug-likeness (QED) is 0.804. The molecule has 0 radical (unpaired) electrons. The van der Waals surface area contributed by atoms with Crippen LogP contribution in [0.25, 0.3) is 0 Å². The highest BCUT2D eigenvalue weighted by Crippen LogP contribution is 2.35. The Balaban J connectivity index is 1.94. The van der Waals surface area contributed by atoms with Crippen molar-refractivity contribution in [1.29, 1.82) is 0 Å². The molecule has 0 aliphatic carbocycles. The highest BCUT2D eigenvalue weighted by atomic mass is 19.4. The van der Waals surface area contributed by atoms with E-state index in [9.17, 15) is 27.6 Å². The zero-order chi connectivity index (χ0) is 20.6. The summed E-state index contributed by atoms with van der Waals surface area (Å²) in [4.78, 5) is 39.0. The number of anilines is 1. The molecule has 1 heterocycles. The summed E-state index contributed by atoms with van der Waals surface area (Å²) >= 11 is 0. The molecule has 1 N–H and O–H groups in total. The van der Waals surface area contributed by atoms with E-state index in [0.29, 0.717) is 0 Å². The van der Waals surface area contributed by atoms with Gasteiger partial charge in [0.05, 0.1) is 22.4 Å². The van der Waals surface area contributed by atoms with Gasteiger partial charge >= 0.3 is 6.18 Å². The minimum Gasteiger partial charge on any atom is -0.324 e. The Labute approximate surface area is 159 Å². The lowest BCUT2D eigenvalue weighted by Gasteiger charge is -2.28. The van der Waals surface area contributed by atoms with Crippen LogP contribution in [0.2, 0.25) is 0 Å². The number of nitrogens with zero attached hydrogens (tertiary/aromatic N) is 1. The largest absolute Gasteiger partial charge is 0.418 e. The van der Waals surface area contributed by atoms with Gasteiger partial charge in [0.15, 0.2) is 0 Å². The number of hydrogen-bond acceptors (Lipinski definition) is 3. The molecule has 28 heavy (non-hydrogen) atoms. The molecule has 2 aromatic carbocycles. The third kappa shape index (κ3) is 3.37. The maximum absolute atomic E-state index is 13.2. The lowest BCUT2D eigenvalue weighted by molar-refractivity contribution is -0.137. The molecule has 8 heteroatoms. The van der Waals surface area contributed by atoms with Crippen LogP contribution >= 0.6 is 0 Å². The zero-order valence-electron chi connectivity index (χ0n) is 15.1. The molecular formula is C20H17F3N2O3. The molecule has 1 atom stereocenters. The highest BCUT2D eigenvalue weighted by Gasteiger charge is 2.44. The van der Waals surface area contributed by atoms with Crippen LogP contribution in [0.5, 0.6) is 0 Å². The summed E-state index contributed by atoms with van der Waals surface area (Å²) in [5.41, 5.74) is -1.10. The van der Waals surface area contributed by atoms with E-state index in [2.05, 4.69) is 5.32 Å². The number of halogens is 3. The van der Waals surface area contributed by atoms with Crippen molar-refractivity contribution in [2.24, 2.45) is 5.92 Å². The fourth-order valence-electron chi connectivity index (χ4n) is 3.22. The maximum Gasteiger partial charge on any atom is 0.418 e. The topological polar surface area (TPSA) is 66.5 Å². The van der Waals surface area contributed by atoms with Crippen molar-refractivity contribution in [1.82, 2.24) is 4.90 Å². The van der Waals surface area contributed by atoms with Gasteiger partial charge in [-0.3, -0.25) is 19.3 Å². The van der Waals surface area contributed by atoms with Crippen LogP contribution in [0.1, 0.15) is 40.1 Å². The molecule has 5 nitrogen and oxygen atoms in total. The Hall–Kier alpha value is -3.16. The Morgan fingerprint density at radius 2 is 1.43 bits per heavy atom. The summed E-state index contributed by atoms with van der Waals surface area (Å²) in [6, 6.07) is 9.43. The maximum atomic E-state index is 13.2. The Morgan fingerprint density at radius 3 is 1.93 bits per heavy atom.